The number of carbonyl (C=O) groups is 3. The highest BCUT2D eigenvalue weighted by Crippen LogP contribution is 2.28. The van der Waals surface area contributed by atoms with Gasteiger partial charge in [0, 0.05) is 5.56 Å². The highest BCUT2D eigenvalue weighted by molar-refractivity contribution is 6.22. The number of hydrogen-bond acceptors (Lipinski definition) is 4. The van der Waals surface area contributed by atoms with E-state index in [1.165, 1.54) is 6.92 Å². The average Bonchev–Trinajstić information content (AvgIpc) is 2.95. The first-order chi connectivity index (χ1) is 13.0. The van der Waals surface area contributed by atoms with Crippen LogP contribution in [-0.4, -0.2) is 23.7 Å². The third kappa shape index (κ3) is 3.19. The maximum Gasteiger partial charge on any atom is 0.275 e. The van der Waals surface area contributed by atoms with Gasteiger partial charge in [-0.1, -0.05) is 30.3 Å². The Morgan fingerprint density at radius 1 is 0.963 bits per heavy atom. The van der Waals surface area contributed by atoms with Gasteiger partial charge in [-0.3, -0.25) is 14.4 Å². The summed E-state index contributed by atoms with van der Waals surface area (Å²) in [6, 6.07) is 19.8. The number of rotatable bonds is 4. The molecule has 0 aromatic heterocycles. The lowest BCUT2D eigenvalue weighted by Crippen LogP contribution is -2.33. The smallest absolute Gasteiger partial charge is 0.275 e. The number of imide groups is 1. The molecule has 27 heavy (non-hydrogen) atoms. The first kappa shape index (κ1) is 17.0. The number of anilines is 1. The Labute approximate surface area is 156 Å². The van der Waals surface area contributed by atoms with Crippen LogP contribution in [-0.2, 0) is 9.59 Å². The number of nitrogens with zero attached hydrogens (tertiary/aromatic N) is 1. The fraction of sp³-hybridized carbons (Fsp3) is 0.136. The van der Waals surface area contributed by atoms with Crippen LogP contribution < -0.4 is 9.64 Å². The normalized spacial score (nSPS) is 16.8. The third-order valence-electron chi connectivity index (χ3n) is 4.64. The van der Waals surface area contributed by atoms with Gasteiger partial charge in [0.2, 0.25) is 5.91 Å². The summed E-state index contributed by atoms with van der Waals surface area (Å²) in [4.78, 5) is 37.6. The number of hydrogen-bond donors (Lipinski definition) is 0. The molecule has 1 atom stereocenters. The Balaban J connectivity index is 1.55. The molecule has 134 valence electrons. The average molecular weight is 359 g/mol. The maximum atomic E-state index is 12.7. The molecule has 1 fully saturated rings. The molecule has 3 aromatic carbocycles. The number of benzene rings is 3. The summed E-state index contributed by atoms with van der Waals surface area (Å²) >= 11 is 0. The summed E-state index contributed by atoms with van der Waals surface area (Å²) < 4.78 is 5.81. The van der Waals surface area contributed by atoms with Crippen molar-refractivity contribution in [3.63, 3.8) is 0 Å². The van der Waals surface area contributed by atoms with E-state index in [0.29, 0.717) is 17.0 Å². The van der Waals surface area contributed by atoms with Gasteiger partial charge in [-0.05, 0) is 54.1 Å². The van der Waals surface area contributed by atoms with E-state index < -0.39 is 12.0 Å². The number of carbonyl (C=O) groups excluding carboxylic acids is 3. The maximum absolute atomic E-state index is 12.7. The molecule has 0 spiro atoms. The molecular formula is C22H17NO4. The first-order valence-electron chi connectivity index (χ1n) is 8.66. The molecule has 0 saturated carbocycles. The van der Waals surface area contributed by atoms with Crippen molar-refractivity contribution in [3.05, 3.63) is 72.3 Å². The second-order valence-corrected chi connectivity index (χ2v) is 6.49. The molecule has 5 heteroatoms. The van der Waals surface area contributed by atoms with E-state index in [2.05, 4.69) is 0 Å². The predicted octanol–water partition coefficient (Wildman–Crippen LogP) is 3.75. The van der Waals surface area contributed by atoms with Crippen LogP contribution in [0, 0.1) is 0 Å². The van der Waals surface area contributed by atoms with E-state index in [9.17, 15) is 14.4 Å². The quantitative estimate of drug-likeness (QED) is 0.526. The SMILES string of the molecule is CC(=O)c1ccc(N2C(=O)CC(Oc3ccc4ccccc4c3)C2=O)cc1. The van der Waals surface area contributed by atoms with E-state index in [1.54, 1.807) is 30.3 Å². The molecular weight excluding hydrogens is 342 g/mol. The minimum atomic E-state index is -0.855. The van der Waals surface area contributed by atoms with Crippen molar-refractivity contribution in [3.8, 4) is 5.75 Å². The molecule has 0 N–H and O–H groups in total. The molecule has 2 amide bonds. The highest BCUT2D eigenvalue weighted by atomic mass is 16.5. The molecule has 0 bridgehead atoms. The molecule has 5 nitrogen and oxygen atoms in total. The van der Waals surface area contributed by atoms with Gasteiger partial charge in [0.25, 0.3) is 5.91 Å². The monoisotopic (exact) mass is 359 g/mol. The molecule has 1 heterocycles. The largest absolute Gasteiger partial charge is 0.480 e. The second-order valence-electron chi connectivity index (χ2n) is 6.49. The summed E-state index contributed by atoms with van der Waals surface area (Å²) in [5.41, 5.74) is 0.974. The van der Waals surface area contributed by atoms with Crippen molar-refractivity contribution in [2.45, 2.75) is 19.4 Å². The molecule has 3 aromatic rings. The summed E-state index contributed by atoms with van der Waals surface area (Å²) in [6.07, 6.45) is -0.869. The third-order valence-corrected chi connectivity index (χ3v) is 4.64. The lowest BCUT2D eigenvalue weighted by Gasteiger charge is -2.16. The zero-order valence-electron chi connectivity index (χ0n) is 14.7. The molecule has 1 aliphatic rings. The van der Waals surface area contributed by atoms with Gasteiger partial charge in [0.15, 0.2) is 11.9 Å². The van der Waals surface area contributed by atoms with Gasteiger partial charge in [0.05, 0.1) is 12.1 Å². The van der Waals surface area contributed by atoms with Crippen LogP contribution in [0.3, 0.4) is 0 Å². The molecule has 1 unspecified atom stereocenters. The minimum Gasteiger partial charge on any atom is -0.480 e. The van der Waals surface area contributed by atoms with Crippen LogP contribution in [0.2, 0.25) is 0 Å². The standard InChI is InChI=1S/C22H17NO4/c1-14(24)15-6-9-18(10-7-15)23-21(25)13-20(22(23)26)27-19-11-8-16-4-2-3-5-17(16)12-19/h2-12,20H,13H2,1H3. The lowest BCUT2D eigenvalue weighted by molar-refractivity contribution is -0.123. The number of amides is 2. The Morgan fingerprint density at radius 2 is 1.67 bits per heavy atom. The van der Waals surface area contributed by atoms with Gasteiger partial charge >= 0.3 is 0 Å². The Morgan fingerprint density at radius 3 is 2.37 bits per heavy atom. The molecule has 0 radical (unpaired) electrons. The Bertz CT molecular complexity index is 1060. The molecule has 1 aliphatic heterocycles. The zero-order chi connectivity index (χ0) is 19.0. The number of ether oxygens (including phenoxy) is 1. The fourth-order valence-corrected chi connectivity index (χ4v) is 3.22. The van der Waals surface area contributed by atoms with Crippen LogP contribution in [0.15, 0.2) is 66.7 Å². The summed E-state index contributed by atoms with van der Waals surface area (Å²) in [5, 5.41) is 2.08. The molecule has 1 saturated heterocycles. The highest BCUT2D eigenvalue weighted by Gasteiger charge is 2.41. The van der Waals surface area contributed by atoms with Crippen LogP contribution >= 0.6 is 0 Å². The van der Waals surface area contributed by atoms with Crippen molar-refractivity contribution >= 4 is 34.1 Å². The topological polar surface area (TPSA) is 63.7 Å². The van der Waals surface area contributed by atoms with Gasteiger partial charge in [-0.25, -0.2) is 4.90 Å². The van der Waals surface area contributed by atoms with E-state index in [4.69, 9.17) is 4.74 Å². The summed E-state index contributed by atoms with van der Waals surface area (Å²) in [7, 11) is 0. The van der Waals surface area contributed by atoms with Crippen LogP contribution in [0.5, 0.6) is 5.75 Å². The van der Waals surface area contributed by atoms with Gasteiger partial charge in [-0.15, -0.1) is 0 Å². The zero-order valence-corrected chi connectivity index (χ0v) is 14.7. The molecule has 0 aliphatic carbocycles. The van der Waals surface area contributed by atoms with Crippen molar-refractivity contribution in [2.24, 2.45) is 0 Å². The number of ketones is 1. The Hall–Kier alpha value is -3.47. The van der Waals surface area contributed by atoms with Gasteiger partial charge < -0.3 is 4.74 Å². The van der Waals surface area contributed by atoms with Crippen LogP contribution in [0.1, 0.15) is 23.7 Å². The van der Waals surface area contributed by atoms with E-state index >= 15 is 0 Å². The van der Waals surface area contributed by atoms with Gasteiger partial charge in [0.1, 0.15) is 5.75 Å². The predicted molar refractivity (Wildman–Crippen MR) is 102 cm³/mol. The molecule has 4 rings (SSSR count). The van der Waals surface area contributed by atoms with Crippen molar-refractivity contribution in [1.82, 2.24) is 0 Å². The van der Waals surface area contributed by atoms with Gasteiger partial charge in [-0.2, -0.15) is 0 Å². The minimum absolute atomic E-state index is 0.0138. The van der Waals surface area contributed by atoms with Crippen molar-refractivity contribution in [1.29, 1.82) is 0 Å². The number of fused-ring (bicyclic) bond motifs is 1. The van der Waals surface area contributed by atoms with Crippen LogP contribution in [0.4, 0.5) is 5.69 Å². The van der Waals surface area contributed by atoms with Crippen molar-refractivity contribution < 1.29 is 19.1 Å². The summed E-state index contributed by atoms with van der Waals surface area (Å²) in [6.45, 7) is 1.47. The second kappa shape index (κ2) is 6.68. The Kier molecular flexibility index (Phi) is 4.20. The number of Topliss-reactive ketones (excluding diaryl/α,β-unsaturated/α-hetero) is 1. The first-order valence-corrected chi connectivity index (χ1v) is 8.66. The van der Waals surface area contributed by atoms with E-state index in [1.807, 2.05) is 36.4 Å². The van der Waals surface area contributed by atoms with Crippen LogP contribution in [0.25, 0.3) is 10.8 Å². The van der Waals surface area contributed by atoms with Crippen molar-refractivity contribution in [2.75, 3.05) is 4.90 Å². The lowest BCUT2D eigenvalue weighted by atomic mass is 10.1. The summed E-state index contributed by atoms with van der Waals surface area (Å²) in [5.74, 6) is -0.239. The van der Waals surface area contributed by atoms with E-state index in [-0.39, 0.29) is 18.1 Å². The van der Waals surface area contributed by atoms with E-state index in [0.717, 1.165) is 15.7 Å². The fourth-order valence-electron chi connectivity index (χ4n) is 3.22.